The molecule has 2 N–H and O–H groups in total. The van der Waals surface area contributed by atoms with Crippen molar-refractivity contribution in [1.82, 2.24) is 15.1 Å². The van der Waals surface area contributed by atoms with Gasteiger partial charge in [0, 0.05) is 37.6 Å². The summed E-state index contributed by atoms with van der Waals surface area (Å²) in [6.07, 6.45) is 8.88. The average molecular weight is 484 g/mol. The Morgan fingerprint density at radius 1 is 1.00 bits per heavy atom. The maximum absolute atomic E-state index is 13.3. The summed E-state index contributed by atoms with van der Waals surface area (Å²) in [5.41, 5.74) is 1.52. The fourth-order valence-corrected chi connectivity index (χ4v) is 6.40. The van der Waals surface area contributed by atoms with E-state index >= 15 is 0 Å². The maximum Gasteiger partial charge on any atom is 0.240 e. The summed E-state index contributed by atoms with van der Waals surface area (Å²) in [6, 6.07) is 10.2. The van der Waals surface area contributed by atoms with E-state index in [1.807, 2.05) is 18.2 Å². The molecule has 3 saturated heterocycles. The zero-order valence-electron chi connectivity index (χ0n) is 21.9. The van der Waals surface area contributed by atoms with E-state index in [9.17, 15) is 14.7 Å². The van der Waals surface area contributed by atoms with E-state index in [1.54, 1.807) is 0 Å². The van der Waals surface area contributed by atoms with Crippen molar-refractivity contribution in [3.05, 3.63) is 35.9 Å². The summed E-state index contributed by atoms with van der Waals surface area (Å²) in [6.45, 7) is 8.21. The first-order chi connectivity index (χ1) is 16.7. The van der Waals surface area contributed by atoms with Crippen molar-refractivity contribution in [3.8, 4) is 0 Å². The molecule has 0 aromatic heterocycles. The summed E-state index contributed by atoms with van der Waals surface area (Å²) in [7, 11) is 0. The third-order valence-electron chi connectivity index (χ3n) is 8.15. The number of amides is 2. The largest absolute Gasteiger partial charge is 0.391 e. The minimum absolute atomic E-state index is 0.0612. The molecule has 6 nitrogen and oxygen atoms in total. The van der Waals surface area contributed by atoms with Gasteiger partial charge >= 0.3 is 0 Å². The molecule has 2 amide bonds. The zero-order chi connectivity index (χ0) is 25.0. The van der Waals surface area contributed by atoms with Gasteiger partial charge in [-0.1, -0.05) is 63.9 Å². The number of carbonyl (C=O) groups excluding carboxylic acids is 2. The van der Waals surface area contributed by atoms with Crippen LogP contribution in [-0.2, 0) is 16.1 Å². The summed E-state index contributed by atoms with van der Waals surface area (Å²) in [5.74, 6) is 0.243. The van der Waals surface area contributed by atoms with Crippen LogP contribution in [0.25, 0.3) is 0 Å². The SMILES string of the molecule is CC(C)(C)CCCCCC(=O)N1[C@@H]2CC[C@H]1CC(NC(=O)[C@H]1[C@@H](O)CCN1Cc1ccccc1)C2. The predicted molar refractivity (Wildman–Crippen MR) is 139 cm³/mol. The Kier molecular flexibility index (Phi) is 8.54. The van der Waals surface area contributed by atoms with Crippen LogP contribution in [0.4, 0.5) is 0 Å². The van der Waals surface area contributed by atoms with Gasteiger partial charge in [0.15, 0.2) is 0 Å². The lowest BCUT2D eigenvalue weighted by molar-refractivity contribution is -0.136. The first kappa shape index (κ1) is 26.2. The van der Waals surface area contributed by atoms with Gasteiger partial charge in [0.25, 0.3) is 0 Å². The average Bonchev–Trinajstić information content (AvgIpc) is 3.29. The van der Waals surface area contributed by atoms with Crippen molar-refractivity contribution in [3.63, 3.8) is 0 Å². The molecule has 1 unspecified atom stereocenters. The molecule has 3 fully saturated rings. The molecule has 3 heterocycles. The van der Waals surface area contributed by atoms with E-state index in [2.05, 4.69) is 48.0 Å². The first-order valence-electron chi connectivity index (χ1n) is 13.8. The van der Waals surface area contributed by atoms with Crippen molar-refractivity contribution in [1.29, 1.82) is 0 Å². The Balaban J connectivity index is 1.26. The van der Waals surface area contributed by atoms with Crippen LogP contribution >= 0.6 is 0 Å². The van der Waals surface area contributed by atoms with Crippen LogP contribution in [0.5, 0.6) is 0 Å². The van der Waals surface area contributed by atoms with E-state index in [0.29, 0.717) is 30.7 Å². The van der Waals surface area contributed by atoms with Crippen LogP contribution < -0.4 is 5.32 Å². The number of rotatable bonds is 9. The molecular formula is C29H45N3O3. The Morgan fingerprint density at radius 2 is 1.69 bits per heavy atom. The van der Waals surface area contributed by atoms with E-state index < -0.39 is 12.1 Å². The van der Waals surface area contributed by atoms with Crippen LogP contribution in [-0.4, -0.2) is 63.5 Å². The molecular weight excluding hydrogens is 438 g/mol. The standard InChI is InChI=1S/C29H45N3O3/c1-29(2,3)16-9-5-8-12-26(34)32-23-13-14-24(32)19-22(18-23)30-28(35)27-25(33)15-17-31(27)20-21-10-6-4-7-11-21/h4,6-7,10-11,22-25,27,33H,5,8-9,12-20H2,1-3H3,(H,30,35)/t22?,23-,24+,25-,27+/m0/s1. The highest BCUT2D eigenvalue weighted by Gasteiger charge is 2.45. The lowest BCUT2D eigenvalue weighted by Crippen LogP contribution is -2.56. The molecule has 5 atom stereocenters. The third kappa shape index (κ3) is 6.85. The van der Waals surface area contributed by atoms with Gasteiger partial charge in [0.05, 0.1) is 6.10 Å². The first-order valence-corrected chi connectivity index (χ1v) is 13.8. The van der Waals surface area contributed by atoms with Crippen LogP contribution in [0.15, 0.2) is 30.3 Å². The van der Waals surface area contributed by atoms with Crippen LogP contribution in [0.2, 0.25) is 0 Å². The van der Waals surface area contributed by atoms with Crippen molar-refractivity contribution >= 4 is 11.8 Å². The second-order valence-corrected chi connectivity index (χ2v) is 12.2. The number of fused-ring (bicyclic) bond motifs is 2. The zero-order valence-corrected chi connectivity index (χ0v) is 21.9. The number of carbonyl (C=O) groups is 2. The summed E-state index contributed by atoms with van der Waals surface area (Å²) >= 11 is 0. The fourth-order valence-electron chi connectivity index (χ4n) is 6.40. The number of aliphatic hydroxyl groups is 1. The monoisotopic (exact) mass is 483 g/mol. The molecule has 2 bridgehead atoms. The van der Waals surface area contributed by atoms with Gasteiger partial charge in [-0.2, -0.15) is 0 Å². The van der Waals surface area contributed by atoms with Gasteiger partial charge < -0.3 is 15.3 Å². The van der Waals surface area contributed by atoms with Crippen LogP contribution in [0, 0.1) is 5.41 Å². The highest BCUT2D eigenvalue weighted by atomic mass is 16.3. The highest BCUT2D eigenvalue weighted by molar-refractivity contribution is 5.83. The molecule has 194 valence electrons. The van der Waals surface area contributed by atoms with E-state index in [0.717, 1.165) is 50.6 Å². The van der Waals surface area contributed by atoms with Crippen LogP contribution in [0.3, 0.4) is 0 Å². The van der Waals surface area contributed by atoms with Crippen molar-refractivity contribution in [2.75, 3.05) is 6.54 Å². The van der Waals surface area contributed by atoms with Gasteiger partial charge in [-0.25, -0.2) is 0 Å². The highest BCUT2D eigenvalue weighted by Crippen LogP contribution is 2.37. The molecule has 1 aromatic rings. The van der Waals surface area contributed by atoms with Crippen molar-refractivity contribution < 1.29 is 14.7 Å². The van der Waals surface area contributed by atoms with Gasteiger partial charge in [0.2, 0.25) is 11.8 Å². The Bertz CT molecular complexity index is 838. The topological polar surface area (TPSA) is 72.9 Å². The number of likely N-dealkylation sites (tertiary alicyclic amines) is 1. The molecule has 3 aliphatic heterocycles. The van der Waals surface area contributed by atoms with Crippen LogP contribution in [0.1, 0.15) is 90.5 Å². The van der Waals surface area contributed by atoms with E-state index in [4.69, 9.17) is 0 Å². The number of hydrogen-bond donors (Lipinski definition) is 2. The van der Waals surface area contributed by atoms with Crippen molar-refractivity contribution in [2.45, 2.75) is 122 Å². The number of aliphatic hydroxyl groups excluding tert-OH is 1. The molecule has 4 rings (SSSR count). The number of benzene rings is 1. The Labute approximate surface area is 211 Å². The third-order valence-corrected chi connectivity index (χ3v) is 8.15. The molecule has 0 spiro atoms. The summed E-state index contributed by atoms with van der Waals surface area (Å²) < 4.78 is 0. The number of piperidine rings is 1. The molecule has 3 aliphatic rings. The Morgan fingerprint density at radius 3 is 2.34 bits per heavy atom. The predicted octanol–water partition coefficient (Wildman–Crippen LogP) is 4.26. The normalized spacial score (nSPS) is 28.9. The summed E-state index contributed by atoms with van der Waals surface area (Å²) in [4.78, 5) is 30.5. The van der Waals surface area contributed by atoms with Gasteiger partial charge in [-0.15, -0.1) is 0 Å². The smallest absolute Gasteiger partial charge is 0.240 e. The second kappa shape index (κ2) is 11.4. The molecule has 6 heteroatoms. The maximum atomic E-state index is 13.3. The number of unbranched alkanes of at least 4 members (excludes halogenated alkanes) is 2. The minimum Gasteiger partial charge on any atom is -0.391 e. The quantitative estimate of drug-likeness (QED) is 0.515. The number of hydrogen-bond acceptors (Lipinski definition) is 4. The molecule has 0 radical (unpaired) electrons. The molecule has 0 saturated carbocycles. The van der Waals surface area contributed by atoms with Gasteiger partial charge in [-0.3, -0.25) is 14.5 Å². The van der Waals surface area contributed by atoms with Crippen molar-refractivity contribution in [2.24, 2.45) is 5.41 Å². The van der Waals surface area contributed by atoms with Gasteiger partial charge in [-0.05, 0) is 55.9 Å². The number of nitrogens with one attached hydrogen (secondary N) is 1. The van der Waals surface area contributed by atoms with Gasteiger partial charge in [0.1, 0.15) is 6.04 Å². The summed E-state index contributed by atoms with van der Waals surface area (Å²) in [5, 5.41) is 13.8. The van der Waals surface area contributed by atoms with E-state index in [1.165, 1.54) is 12.8 Å². The lowest BCUT2D eigenvalue weighted by atomic mass is 9.89. The fraction of sp³-hybridized carbons (Fsp3) is 0.724. The van der Waals surface area contributed by atoms with E-state index in [-0.39, 0.29) is 24.0 Å². The lowest BCUT2D eigenvalue weighted by Gasteiger charge is -2.40. The molecule has 1 aromatic carbocycles. The minimum atomic E-state index is -0.629. The molecule has 0 aliphatic carbocycles. The molecule has 35 heavy (non-hydrogen) atoms. The number of nitrogens with zero attached hydrogens (tertiary/aromatic N) is 2. The second-order valence-electron chi connectivity index (χ2n) is 12.2. The Hall–Kier alpha value is -1.92.